The van der Waals surface area contributed by atoms with Crippen molar-refractivity contribution in [1.82, 2.24) is 5.32 Å². The molecule has 2 aromatic carbocycles. The molecule has 2 rings (SSSR count). The Morgan fingerprint density at radius 2 is 1.90 bits per heavy atom. The van der Waals surface area contributed by atoms with E-state index in [-0.39, 0.29) is 5.82 Å². The van der Waals surface area contributed by atoms with Gasteiger partial charge in [-0.25, -0.2) is 4.39 Å². The molecule has 0 aromatic heterocycles. The fourth-order valence-electron chi connectivity index (χ4n) is 1.82. The van der Waals surface area contributed by atoms with Crippen molar-refractivity contribution in [3.8, 4) is 0 Å². The predicted octanol–water partition coefficient (Wildman–Crippen LogP) is 5.05. The molecular formula is C16H17ClFNS. The van der Waals surface area contributed by atoms with Crippen molar-refractivity contribution in [2.24, 2.45) is 0 Å². The van der Waals surface area contributed by atoms with Crippen molar-refractivity contribution in [3.05, 3.63) is 64.4 Å². The smallest absolute Gasteiger partial charge is 0.128 e. The van der Waals surface area contributed by atoms with E-state index in [0.29, 0.717) is 22.4 Å². The first-order valence-corrected chi connectivity index (χ1v) is 7.80. The van der Waals surface area contributed by atoms with E-state index in [1.807, 2.05) is 7.05 Å². The van der Waals surface area contributed by atoms with E-state index < -0.39 is 0 Å². The zero-order chi connectivity index (χ0) is 14.5. The lowest BCUT2D eigenvalue weighted by molar-refractivity contribution is 0.617. The van der Waals surface area contributed by atoms with Crippen LogP contribution in [0.4, 0.5) is 4.39 Å². The molecule has 20 heavy (non-hydrogen) atoms. The Bertz CT molecular complexity index is 571. The Hall–Kier alpha value is -1.03. The maximum Gasteiger partial charge on any atom is 0.128 e. The first kappa shape index (κ1) is 15.4. The number of hydrogen-bond donors (Lipinski definition) is 1. The minimum absolute atomic E-state index is 0.245. The van der Waals surface area contributed by atoms with Gasteiger partial charge in [-0.2, -0.15) is 0 Å². The lowest BCUT2D eigenvalue weighted by Crippen LogP contribution is -2.11. The van der Waals surface area contributed by atoms with Gasteiger partial charge in [-0.3, -0.25) is 0 Å². The van der Waals surface area contributed by atoms with Crippen LogP contribution in [-0.2, 0) is 5.75 Å². The molecule has 0 radical (unpaired) electrons. The summed E-state index contributed by atoms with van der Waals surface area (Å²) in [5.74, 6) is 0.356. The van der Waals surface area contributed by atoms with Crippen molar-refractivity contribution in [1.29, 1.82) is 0 Å². The van der Waals surface area contributed by atoms with Gasteiger partial charge in [0, 0.05) is 21.7 Å². The van der Waals surface area contributed by atoms with Crippen LogP contribution < -0.4 is 5.32 Å². The van der Waals surface area contributed by atoms with Gasteiger partial charge < -0.3 is 5.32 Å². The zero-order valence-electron chi connectivity index (χ0n) is 11.5. The van der Waals surface area contributed by atoms with E-state index in [1.165, 1.54) is 11.6 Å². The molecule has 1 N–H and O–H groups in total. The first-order valence-electron chi connectivity index (χ1n) is 6.44. The van der Waals surface area contributed by atoms with Gasteiger partial charge in [0.25, 0.3) is 0 Å². The molecule has 0 saturated carbocycles. The van der Waals surface area contributed by atoms with Gasteiger partial charge in [0.05, 0.1) is 0 Å². The van der Waals surface area contributed by atoms with E-state index in [9.17, 15) is 4.39 Å². The van der Waals surface area contributed by atoms with Crippen LogP contribution in [0.25, 0.3) is 0 Å². The summed E-state index contributed by atoms with van der Waals surface area (Å²) in [5.41, 5.74) is 1.92. The predicted molar refractivity (Wildman–Crippen MR) is 84.9 cm³/mol. The number of thioether (sulfide) groups is 1. The molecule has 0 aliphatic carbocycles. The average molecular weight is 310 g/mol. The molecule has 1 atom stereocenters. The molecule has 106 valence electrons. The summed E-state index contributed by atoms with van der Waals surface area (Å²) in [6.07, 6.45) is 0. The molecule has 2 aromatic rings. The second-order valence-corrected chi connectivity index (χ2v) is 6.09. The van der Waals surface area contributed by atoms with Crippen molar-refractivity contribution < 1.29 is 4.39 Å². The van der Waals surface area contributed by atoms with Crippen LogP contribution in [0.1, 0.15) is 24.1 Å². The monoisotopic (exact) mass is 309 g/mol. The third-order valence-electron chi connectivity index (χ3n) is 3.22. The SMILES string of the molecule is CNC(C)c1ccc(SCc2ccc(Cl)cc2F)cc1. The summed E-state index contributed by atoms with van der Waals surface area (Å²) in [7, 11) is 1.94. The summed E-state index contributed by atoms with van der Waals surface area (Å²) in [6, 6.07) is 13.5. The first-order chi connectivity index (χ1) is 9.60. The third kappa shape index (κ3) is 3.98. The molecule has 0 amide bonds. The largest absolute Gasteiger partial charge is 0.313 e. The van der Waals surface area contributed by atoms with Crippen LogP contribution in [-0.4, -0.2) is 7.05 Å². The van der Waals surface area contributed by atoms with E-state index in [2.05, 4.69) is 36.5 Å². The number of rotatable bonds is 5. The van der Waals surface area contributed by atoms with Crippen LogP contribution >= 0.6 is 23.4 Å². The van der Waals surface area contributed by atoms with Crippen LogP contribution in [0.2, 0.25) is 5.02 Å². The lowest BCUT2D eigenvalue weighted by Gasteiger charge is -2.11. The van der Waals surface area contributed by atoms with E-state index in [4.69, 9.17) is 11.6 Å². The maximum atomic E-state index is 13.7. The van der Waals surface area contributed by atoms with Gasteiger partial charge in [0.15, 0.2) is 0 Å². The van der Waals surface area contributed by atoms with Crippen LogP contribution in [0.3, 0.4) is 0 Å². The van der Waals surface area contributed by atoms with Crippen molar-refractivity contribution in [2.75, 3.05) is 7.05 Å². The van der Waals surface area contributed by atoms with Crippen LogP contribution in [0.5, 0.6) is 0 Å². The number of nitrogens with one attached hydrogen (secondary N) is 1. The highest BCUT2D eigenvalue weighted by Crippen LogP contribution is 2.26. The van der Waals surface area contributed by atoms with Gasteiger partial charge in [-0.05, 0) is 49.4 Å². The zero-order valence-corrected chi connectivity index (χ0v) is 13.1. The molecule has 1 nitrogen and oxygen atoms in total. The van der Waals surface area contributed by atoms with Gasteiger partial charge in [-0.1, -0.05) is 29.8 Å². The Labute approximate surface area is 128 Å². The molecule has 0 saturated heterocycles. The van der Waals surface area contributed by atoms with Crippen molar-refractivity contribution >= 4 is 23.4 Å². The van der Waals surface area contributed by atoms with Gasteiger partial charge in [-0.15, -0.1) is 11.8 Å². The highest BCUT2D eigenvalue weighted by Gasteiger charge is 2.05. The summed E-state index contributed by atoms with van der Waals surface area (Å²) >= 11 is 7.36. The molecule has 0 fully saturated rings. The van der Waals surface area contributed by atoms with Crippen LogP contribution in [0.15, 0.2) is 47.4 Å². The second-order valence-electron chi connectivity index (χ2n) is 4.60. The molecule has 0 heterocycles. The van der Waals surface area contributed by atoms with Crippen molar-refractivity contribution in [2.45, 2.75) is 23.6 Å². The Balaban J connectivity index is 2.00. The molecule has 0 aliphatic rings. The maximum absolute atomic E-state index is 13.7. The number of halogens is 2. The van der Waals surface area contributed by atoms with E-state index in [1.54, 1.807) is 23.9 Å². The summed E-state index contributed by atoms with van der Waals surface area (Å²) in [5, 5.41) is 3.63. The summed E-state index contributed by atoms with van der Waals surface area (Å²) in [6.45, 7) is 2.12. The minimum atomic E-state index is -0.245. The fourth-order valence-corrected chi connectivity index (χ4v) is 2.86. The Morgan fingerprint density at radius 3 is 2.50 bits per heavy atom. The summed E-state index contributed by atoms with van der Waals surface area (Å²) in [4.78, 5) is 1.13. The van der Waals surface area contributed by atoms with E-state index >= 15 is 0 Å². The highest BCUT2D eigenvalue weighted by atomic mass is 35.5. The van der Waals surface area contributed by atoms with Gasteiger partial charge in [0.1, 0.15) is 5.82 Å². The molecule has 4 heteroatoms. The number of benzene rings is 2. The van der Waals surface area contributed by atoms with E-state index in [0.717, 1.165) is 4.90 Å². The topological polar surface area (TPSA) is 12.0 Å². The average Bonchev–Trinajstić information content (AvgIpc) is 2.46. The highest BCUT2D eigenvalue weighted by molar-refractivity contribution is 7.98. The lowest BCUT2D eigenvalue weighted by atomic mass is 10.1. The summed E-state index contributed by atoms with van der Waals surface area (Å²) < 4.78 is 13.7. The number of hydrogen-bond acceptors (Lipinski definition) is 2. The normalized spacial score (nSPS) is 12.4. The fraction of sp³-hybridized carbons (Fsp3) is 0.250. The van der Waals surface area contributed by atoms with Crippen molar-refractivity contribution in [3.63, 3.8) is 0 Å². The standard InChI is InChI=1S/C16H17ClFNS/c1-11(19-2)12-4-7-15(8-5-12)20-10-13-3-6-14(17)9-16(13)18/h3-9,11,19H,10H2,1-2H3. The second kappa shape index (κ2) is 7.11. The third-order valence-corrected chi connectivity index (χ3v) is 4.52. The molecule has 0 bridgehead atoms. The quantitative estimate of drug-likeness (QED) is 0.775. The Morgan fingerprint density at radius 1 is 1.20 bits per heavy atom. The molecule has 1 unspecified atom stereocenters. The van der Waals surface area contributed by atoms with Gasteiger partial charge in [0.2, 0.25) is 0 Å². The van der Waals surface area contributed by atoms with Crippen LogP contribution in [0, 0.1) is 5.82 Å². The minimum Gasteiger partial charge on any atom is -0.313 e. The molecular weight excluding hydrogens is 293 g/mol. The van der Waals surface area contributed by atoms with Gasteiger partial charge >= 0.3 is 0 Å². The molecule has 0 aliphatic heterocycles. The Kier molecular flexibility index (Phi) is 5.46. The molecule has 0 spiro atoms.